The van der Waals surface area contributed by atoms with Crippen molar-refractivity contribution in [2.45, 2.75) is 12.6 Å². The number of hydrogen-bond acceptors (Lipinski definition) is 6. The van der Waals surface area contributed by atoms with Gasteiger partial charge in [0.15, 0.2) is 0 Å². The number of alkyl halides is 3. The van der Waals surface area contributed by atoms with Crippen LogP contribution in [0.15, 0.2) is 48.5 Å². The standard InChI is InChI=1S/C23H24F4N6OS/c24-18-6-4-16(5-7-18)14-20-30-22(35-31-20)33-12-10-32(11-13-33)9-8-28-21(34)29-19-3-1-2-17(15-19)23(25,26)27/h1-7,15H,8-14H2,(H2,28,29,34). The molecular formula is C23H24F4N6OS. The lowest BCUT2D eigenvalue weighted by atomic mass is 10.1. The molecule has 1 aromatic heterocycles. The number of urea groups is 1. The fourth-order valence-corrected chi connectivity index (χ4v) is 4.41. The Labute approximate surface area is 203 Å². The first kappa shape index (κ1) is 24.9. The van der Waals surface area contributed by atoms with Gasteiger partial charge in [-0.05, 0) is 35.9 Å². The molecule has 1 fully saturated rings. The second kappa shape index (κ2) is 11.0. The molecule has 4 rings (SSSR count). The number of carbonyl (C=O) groups excluding carboxylic acids is 1. The fraction of sp³-hybridized carbons (Fsp3) is 0.348. The fourth-order valence-electron chi connectivity index (χ4n) is 3.67. The number of nitrogens with one attached hydrogen (secondary N) is 2. The zero-order valence-corrected chi connectivity index (χ0v) is 19.5. The van der Waals surface area contributed by atoms with Gasteiger partial charge in [0.05, 0.1) is 5.56 Å². The van der Waals surface area contributed by atoms with Crippen molar-refractivity contribution in [1.29, 1.82) is 0 Å². The molecule has 2 N–H and O–H groups in total. The largest absolute Gasteiger partial charge is 0.416 e. The van der Waals surface area contributed by atoms with E-state index in [4.69, 9.17) is 0 Å². The van der Waals surface area contributed by atoms with Crippen molar-refractivity contribution in [3.05, 3.63) is 71.3 Å². The molecule has 12 heteroatoms. The molecule has 186 valence electrons. The lowest BCUT2D eigenvalue weighted by Crippen LogP contribution is -2.48. The molecule has 7 nitrogen and oxygen atoms in total. The van der Waals surface area contributed by atoms with Crippen LogP contribution in [0, 0.1) is 5.82 Å². The summed E-state index contributed by atoms with van der Waals surface area (Å²) in [5.74, 6) is 0.431. The maximum absolute atomic E-state index is 13.1. The average molecular weight is 509 g/mol. The quantitative estimate of drug-likeness (QED) is 0.468. The minimum Gasteiger partial charge on any atom is -0.344 e. The number of piperazine rings is 1. The Bertz CT molecular complexity index is 1130. The highest BCUT2D eigenvalue weighted by atomic mass is 32.1. The molecule has 0 unspecified atom stereocenters. The van der Waals surface area contributed by atoms with Gasteiger partial charge in [0.2, 0.25) is 5.13 Å². The van der Waals surface area contributed by atoms with E-state index in [9.17, 15) is 22.4 Å². The maximum Gasteiger partial charge on any atom is 0.416 e. The monoisotopic (exact) mass is 508 g/mol. The maximum atomic E-state index is 13.1. The van der Waals surface area contributed by atoms with E-state index >= 15 is 0 Å². The van der Waals surface area contributed by atoms with Gasteiger partial charge in [-0.2, -0.15) is 17.5 Å². The Hall–Kier alpha value is -3.25. The molecule has 0 bridgehead atoms. The van der Waals surface area contributed by atoms with Gasteiger partial charge in [-0.25, -0.2) is 14.2 Å². The van der Waals surface area contributed by atoms with Crippen LogP contribution >= 0.6 is 11.5 Å². The predicted molar refractivity (Wildman–Crippen MR) is 126 cm³/mol. The van der Waals surface area contributed by atoms with E-state index in [0.717, 1.165) is 49.0 Å². The topological polar surface area (TPSA) is 73.4 Å². The van der Waals surface area contributed by atoms with Crippen LogP contribution in [-0.2, 0) is 12.6 Å². The minimum absolute atomic E-state index is 0.0850. The third-order valence-electron chi connectivity index (χ3n) is 5.54. The van der Waals surface area contributed by atoms with E-state index in [0.29, 0.717) is 25.3 Å². The molecule has 2 amide bonds. The second-order valence-corrected chi connectivity index (χ2v) is 8.81. The molecule has 1 saturated heterocycles. The van der Waals surface area contributed by atoms with Crippen LogP contribution in [0.5, 0.6) is 0 Å². The second-order valence-electron chi connectivity index (χ2n) is 8.08. The van der Waals surface area contributed by atoms with Gasteiger partial charge in [0.25, 0.3) is 0 Å². The van der Waals surface area contributed by atoms with Crippen LogP contribution in [0.1, 0.15) is 17.0 Å². The van der Waals surface area contributed by atoms with Crippen LogP contribution in [0.3, 0.4) is 0 Å². The number of nitrogens with zero attached hydrogens (tertiary/aromatic N) is 4. The zero-order valence-electron chi connectivity index (χ0n) is 18.7. The van der Waals surface area contributed by atoms with Gasteiger partial charge in [-0.1, -0.05) is 18.2 Å². The Balaban J connectivity index is 1.17. The van der Waals surface area contributed by atoms with Crippen molar-refractivity contribution in [1.82, 2.24) is 19.6 Å². The molecule has 2 aromatic carbocycles. The predicted octanol–water partition coefficient (Wildman–Crippen LogP) is 4.23. The molecule has 1 aliphatic rings. The van der Waals surface area contributed by atoms with E-state index in [1.165, 1.54) is 35.8 Å². The Kier molecular flexibility index (Phi) is 7.81. The van der Waals surface area contributed by atoms with E-state index < -0.39 is 17.8 Å². The smallest absolute Gasteiger partial charge is 0.344 e. The summed E-state index contributed by atoms with van der Waals surface area (Å²) in [6, 6.07) is 10.3. The highest BCUT2D eigenvalue weighted by Gasteiger charge is 2.30. The van der Waals surface area contributed by atoms with Gasteiger partial charge in [0, 0.05) is 62.9 Å². The summed E-state index contributed by atoms with van der Waals surface area (Å²) in [5.41, 5.74) is 0.220. The SMILES string of the molecule is O=C(NCCN1CCN(c2nc(Cc3ccc(F)cc3)ns2)CC1)Nc1cccc(C(F)(F)F)c1. The van der Waals surface area contributed by atoms with Crippen molar-refractivity contribution < 1.29 is 22.4 Å². The van der Waals surface area contributed by atoms with Crippen LogP contribution in [0.25, 0.3) is 0 Å². The summed E-state index contributed by atoms with van der Waals surface area (Å²) in [6.07, 6.45) is -3.92. The third kappa shape index (κ3) is 7.12. The highest BCUT2D eigenvalue weighted by Crippen LogP contribution is 2.30. The van der Waals surface area contributed by atoms with Crippen molar-refractivity contribution in [2.75, 3.05) is 49.5 Å². The summed E-state index contributed by atoms with van der Waals surface area (Å²) < 4.78 is 55.9. The molecule has 0 aliphatic carbocycles. The number of aromatic nitrogens is 2. The van der Waals surface area contributed by atoms with E-state index in [-0.39, 0.29) is 11.5 Å². The van der Waals surface area contributed by atoms with Crippen molar-refractivity contribution in [2.24, 2.45) is 0 Å². The third-order valence-corrected chi connectivity index (χ3v) is 6.35. The summed E-state index contributed by atoms with van der Waals surface area (Å²) in [7, 11) is 0. The van der Waals surface area contributed by atoms with Crippen molar-refractivity contribution in [3.63, 3.8) is 0 Å². The van der Waals surface area contributed by atoms with Crippen molar-refractivity contribution >= 4 is 28.4 Å². The van der Waals surface area contributed by atoms with E-state index in [2.05, 4.69) is 29.8 Å². The van der Waals surface area contributed by atoms with Gasteiger partial charge in [0.1, 0.15) is 11.6 Å². The highest BCUT2D eigenvalue weighted by molar-refractivity contribution is 7.09. The number of rotatable bonds is 7. The van der Waals surface area contributed by atoms with Crippen LogP contribution in [0.4, 0.5) is 33.2 Å². The first-order valence-corrected chi connectivity index (χ1v) is 11.8. The molecule has 35 heavy (non-hydrogen) atoms. The molecule has 1 aliphatic heterocycles. The van der Waals surface area contributed by atoms with Crippen LogP contribution in [0.2, 0.25) is 0 Å². The number of hydrogen-bond donors (Lipinski definition) is 2. The summed E-state index contributed by atoms with van der Waals surface area (Å²) >= 11 is 1.34. The van der Waals surface area contributed by atoms with E-state index in [1.807, 2.05) is 0 Å². The molecule has 2 heterocycles. The first-order chi connectivity index (χ1) is 16.8. The number of amides is 2. The molecule has 0 atom stereocenters. The van der Waals surface area contributed by atoms with Gasteiger partial charge >= 0.3 is 12.2 Å². The van der Waals surface area contributed by atoms with Crippen LogP contribution < -0.4 is 15.5 Å². The average Bonchev–Trinajstić information content (AvgIpc) is 3.29. The number of halogens is 4. The normalized spacial score (nSPS) is 14.7. The Morgan fingerprint density at radius 2 is 1.80 bits per heavy atom. The Morgan fingerprint density at radius 3 is 2.51 bits per heavy atom. The zero-order chi connectivity index (χ0) is 24.8. The van der Waals surface area contributed by atoms with Crippen molar-refractivity contribution in [3.8, 4) is 0 Å². The van der Waals surface area contributed by atoms with E-state index in [1.54, 1.807) is 12.1 Å². The number of benzene rings is 2. The van der Waals surface area contributed by atoms with Gasteiger partial charge in [-0.15, -0.1) is 0 Å². The first-order valence-electron chi connectivity index (χ1n) is 11.0. The minimum atomic E-state index is -4.46. The van der Waals surface area contributed by atoms with Gasteiger partial charge in [-0.3, -0.25) is 4.90 Å². The van der Waals surface area contributed by atoms with Gasteiger partial charge < -0.3 is 15.5 Å². The molecule has 0 radical (unpaired) electrons. The Morgan fingerprint density at radius 1 is 1.06 bits per heavy atom. The lowest BCUT2D eigenvalue weighted by Gasteiger charge is -2.34. The lowest BCUT2D eigenvalue weighted by molar-refractivity contribution is -0.137. The molecular weight excluding hydrogens is 484 g/mol. The number of anilines is 2. The van der Waals surface area contributed by atoms with Crippen LogP contribution in [-0.4, -0.2) is 59.6 Å². The molecule has 0 spiro atoms. The summed E-state index contributed by atoms with van der Waals surface area (Å²) in [4.78, 5) is 21.0. The molecule has 3 aromatic rings. The molecule has 0 saturated carbocycles. The summed E-state index contributed by atoms with van der Waals surface area (Å²) in [6.45, 7) is 4.08. The summed E-state index contributed by atoms with van der Waals surface area (Å²) in [5, 5.41) is 5.96. The number of carbonyl (C=O) groups is 1.